The van der Waals surface area contributed by atoms with Crippen molar-refractivity contribution < 1.29 is 22.7 Å². The number of hydrogen-bond donors (Lipinski definition) is 1. The van der Waals surface area contributed by atoms with E-state index in [1.54, 1.807) is 20.3 Å². The highest BCUT2D eigenvalue weighted by atomic mass is 32.2. The van der Waals surface area contributed by atoms with Crippen LogP contribution in [0.2, 0.25) is 0 Å². The van der Waals surface area contributed by atoms with Crippen molar-refractivity contribution in [2.24, 2.45) is 0 Å². The van der Waals surface area contributed by atoms with Gasteiger partial charge < -0.3 is 14.8 Å². The second-order valence-corrected chi connectivity index (χ2v) is 9.20. The van der Waals surface area contributed by atoms with E-state index in [-0.39, 0.29) is 17.4 Å². The summed E-state index contributed by atoms with van der Waals surface area (Å²) in [6, 6.07) is 14.3. The first kappa shape index (κ1) is 21.1. The fourth-order valence-corrected chi connectivity index (χ4v) is 4.65. The lowest BCUT2D eigenvalue weighted by atomic mass is 10.0. The van der Waals surface area contributed by atoms with E-state index < -0.39 is 15.9 Å². The molecule has 1 heterocycles. The molecule has 1 N–H and O–H groups in total. The minimum Gasteiger partial charge on any atom is -0.497 e. The maximum atomic E-state index is 13.1. The van der Waals surface area contributed by atoms with Crippen molar-refractivity contribution in [3.63, 3.8) is 0 Å². The van der Waals surface area contributed by atoms with Crippen LogP contribution in [0.1, 0.15) is 17.2 Å². The quantitative estimate of drug-likeness (QED) is 0.738. The molecule has 1 fully saturated rings. The number of methoxy groups -OCH3 is 2. The van der Waals surface area contributed by atoms with Crippen LogP contribution in [0.25, 0.3) is 0 Å². The number of sulfone groups is 1. The van der Waals surface area contributed by atoms with Crippen molar-refractivity contribution in [3.8, 4) is 11.5 Å². The molecule has 0 radical (unpaired) electrons. The van der Waals surface area contributed by atoms with E-state index in [1.165, 1.54) is 0 Å². The molecule has 2 aromatic carbocycles. The Balaban J connectivity index is 1.77. The molecule has 1 atom stereocenters. The number of carbonyl (C=O) groups is 1. The molecule has 29 heavy (non-hydrogen) atoms. The Morgan fingerprint density at radius 3 is 2.38 bits per heavy atom. The molecule has 8 heteroatoms. The van der Waals surface area contributed by atoms with Crippen LogP contribution in [0.15, 0.2) is 48.5 Å². The predicted molar refractivity (Wildman–Crippen MR) is 111 cm³/mol. The molecule has 0 aliphatic carbocycles. The van der Waals surface area contributed by atoms with E-state index in [9.17, 15) is 13.2 Å². The minimum atomic E-state index is -3.03. The summed E-state index contributed by atoms with van der Waals surface area (Å²) in [4.78, 5) is 15.1. The molecular weight excluding hydrogens is 392 g/mol. The Bertz CT molecular complexity index is 933. The molecule has 2 aromatic rings. The zero-order valence-corrected chi connectivity index (χ0v) is 17.4. The van der Waals surface area contributed by atoms with Gasteiger partial charge in [0.05, 0.1) is 25.7 Å². The van der Waals surface area contributed by atoms with Crippen LogP contribution in [-0.2, 0) is 21.2 Å². The molecule has 3 rings (SSSR count). The first-order valence-electron chi connectivity index (χ1n) is 9.41. The lowest BCUT2D eigenvalue weighted by Gasteiger charge is -2.33. The third-order valence-electron chi connectivity index (χ3n) is 5.06. The summed E-state index contributed by atoms with van der Waals surface area (Å²) in [5.41, 5.74) is 1.67. The van der Waals surface area contributed by atoms with Crippen LogP contribution in [0.3, 0.4) is 0 Å². The van der Waals surface area contributed by atoms with Crippen molar-refractivity contribution in [3.05, 3.63) is 59.7 Å². The fraction of sp³-hybridized carbons (Fsp3) is 0.381. The Kier molecular flexibility index (Phi) is 6.76. The van der Waals surface area contributed by atoms with E-state index in [0.717, 1.165) is 11.1 Å². The van der Waals surface area contributed by atoms with Crippen LogP contribution in [0.5, 0.6) is 11.5 Å². The number of nitrogens with one attached hydrogen (secondary N) is 1. The Hall–Kier alpha value is -2.58. The molecule has 0 saturated carbocycles. The van der Waals surface area contributed by atoms with Gasteiger partial charge in [0.25, 0.3) is 0 Å². The zero-order valence-electron chi connectivity index (χ0n) is 16.6. The summed E-state index contributed by atoms with van der Waals surface area (Å²) in [6.07, 6.45) is 0. The van der Waals surface area contributed by atoms with Gasteiger partial charge in [-0.1, -0.05) is 30.3 Å². The summed E-state index contributed by atoms with van der Waals surface area (Å²) >= 11 is 0. The van der Waals surface area contributed by atoms with Gasteiger partial charge in [0.2, 0.25) is 5.91 Å². The van der Waals surface area contributed by atoms with Gasteiger partial charge in [-0.2, -0.15) is 0 Å². The number of carbonyl (C=O) groups excluding carboxylic acids is 1. The lowest BCUT2D eigenvalue weighted by Crippen LogP contribution is -2.47. The number of benzene rings is 2. The van der Waals surface area contributed by atoms with Crippen molar-refractivity contribution in [1.82, 2.24) is 10.2 Å². The maximum absolute atomic E-state index is 13.1. The molecule has 1 amide bonds. The predicted octanol–water partition coefficient (Wildman–Crippen LogP) is 1.79. The Morgan fingerprint density at radius 1 is 1.07 bits per heavy atom. The molecule has 7 nitrogen and oxygen atoms in total. The topological polar surface area (TPSA) is 84.9 Å². The van der Waals surface area contributed by atoms with Crippen LogP contribution < -0.4 is 14.8 Å². The van der Waals surface area contributed by atoms with Gasteiger partial charge in [0, 0.05) is 31.3 Å². The molecular formula is C21H26N2O5S. The number of ether oxygens (including phenoxy) is 2. The summed E-state index contributed by atoms with van der Waals surface area (Å²) in [5, 5.41) is 2.98. The van der Waals surface area contributed by atoms with E-state index in [4.69, 9.17) is 9.47 Å². The van der Waals surface area contributed by atoms with Crippen LogP contribution >= 0.6 is 0 Å². The average Bonchev–Trinajstić information content (AvgIpc) is 2.74. The van der Waals surface area contributed by atoms with E-state index >= 15 is 0 Å². The SMILES string of the molecule is COc1ccc(CNC(=O)C(c2ccccc2)N2CCS(=O)(=O)CC2)c(OC)c1. The molecule has 1 aliphatic heterocycles. The van der Waals surface area contributed by atoms with Crippen LogP contribution in [0.4, 0.5) is 0 Å². The number of amides is 1. The maximum Gasteiger partial charge on any atom is 0.242 e. The second-order valence-electron chi connectivity index (χ2n) is 6.90. The fourth-order valence-electron chi connectivity index (χ4n) is 3.43. The van der Waals surface area contributed by atoms with Gasteiger partial charge in [0.15, 0.2) is 9.84 Å². The molecule has 1 unspecified atom stereocenters. The molecule has 0 spiro atoms. The zero-order chi connectivity index (χ0) is 20.9. The van der Waals surface area contributed by atoms with Crippen molar-refractivity contribution in [1.29, 1.82) is 0 Å². The highest BCUT2D eigenvalue weighted by Gasteiger charge is 2.32. The summed E-state index contributed by atoms with van der Waals surface area (Å²) in [6.45, 7) is 0.962. The highest BCUT2D eigenvalue weighted by Crippen LogP contribution is 2.26. The summed E-state index contributed by atoms with van der Waals surface area (Å²) in [5.74, 6) is 1.26. The monoisotopic (exact) mass is 418 g/mol. The molecule has 0 bridgehead atoms. The Labute approximate surface area is 171 Å². The van der Waals surface area contributed by atoms with E-state index in [0.29, 0.717) is 31.1 Å². The van der Waals surface area contributed by atoms with Crippen molar-refractivity contribution in [2.45, 2.75) is 12.6 Å². The standard InChI is InChI=1S/C21H26N2O5S/c1-27-18-9-8-17(19(14-18)28-2)15-22-21(24)20(16-6-4-3-5-7-16)23-10-12-29(25,26)13-11-23/h3-9,14,20H,10-13,15H2,1-2H3,(H,22,24). The van der Waals surface area contributed by atoms with Gasteiger partial charge in [-0.15, -0.1) is 0 Å². The highest BCUT2D eigenvalue weighted by molar-refractivity contribution is 7.91. The van der Waals surface area contributed by atoms with Gasteiger partial charge in [0.1, 0.15) is 17.5 Å². The van der Waals surface area contributed by atoms with Crippen LogP contribution in [0, 0.1) is 0 Å². The first-order valence-corrected chi connectivity index (χ1v) is 11.2. The largest absolute Gasteiger partial charge is 0.497 e. The van der Waals surface area contributed by atoms with E-state index in [2.05, 4.69) is 5.32 Å². The third-order valence-corrected chi connectivity index (χ3v) is 6.66. The number of hydrogen-bond acceptors (Lipinski definition) is 6. The number of nitrogens with zero attached hydrogens (tertiary/aromatic N) is 1. The first-order chi connectivity index (χ1) is 13.9. The smallest absolute Gasteiger partial charge is 0.242 e. The number of rotatable bonds is 7. The molecule has 156 valence electrons. The van der Waals surface area contributed by atoms with Gasteiger partial charge in [-0.3, -0.25) is 9.69 Å². The summed E-state index contributed by atoms with van der Waals surface area (Å²) in [7, 11) is 0.124. The van der Waals surface area contributed by atoms with Crippen LogP contribution in [-0.4, -0.2) is 58.0 Å². The third kappa shape index (κ3) is 5.27. The minimum absolute atomic E-state index is 0.0654. The summed E-state index contributed by atoms with van der Waals surface area (Å²) < 4.78 is 34.2. The molecule has 1 aliphatic rings. The average molecular weight is 419 g/mol. The lowest BCUT2D eigenvalue weighted by molar-refractivity contribution is -0.126. The van der Waals surface area contributed by atoms with Gasteiger partial charge in [-0.05, 0) is 17.7 Å². The van der Waals surface area contributed by atoms with Crippen molar-refractivity contribution >= 4 is 15.7 Å². The molecule has 0 aromatic heterocycles. The van der Waals surface area contributed by atoms with E-state index in [1.807, 2.05) is 47.4 Å². The second kappa shape index (κ2) is 9.28. The molecule has 1 saturated heterocycles. The van der Waals surface area contributed by atoms with Gasteiger partial charge >= 0.3 is 0 Å². The normalized spacial score (nSPS) is 17.3. The Morgan fingerprint density at radius 2 is 1.76 bits per heavy atom. The van der Waals surface area contributed by atoms with Gasteiger partial charge in [-0.25, -0.2) is 8.42 Å². The van der Waals surface area contributed by atoms with Crippen molar-refractivity contribution in [2.75, 3.05) is 38.8 Å².